The van der Waals surface area contributed by atoms with E-state index in [9.17, 15) is 0 Å². The predicted molar refractivity (Wildman–Crippen MR) is 138 cm³/mol. The second-order valence-electron chi connectivity index (χ2n) is 7.46. The van der Waals surface area contributed by atoms with Gasteiger partial charge in [-0.15, -0.1) is 0 Å². The van der Waals surface area contributed by atoms with E-state index in [1.807, 2.05) is 32.3 Å². The van der Waals surface area contributed by atoms with Gasteiger partial charge < -0.3 is 5.32 Å². The molecule has 2 rings (SSSR count). The summed E-state index contributed by atoms with van der Waals surface area (Å²) >= 11 is 0. The van der Waals surface area contributed by atoms with E-state index >= 15 is 0 Å². The Kier molecular flexibility index (Phi) is 11.3. The number of aryl methyl sites for hydroxylation is 2. The lowest BCUT2D eigenvalue weighted by Gasteiger charge is -2.09. The van der Waals surface area contributed by atoms with Crippen molar-refractivity contribution in [3.05, 3.63) is 138 Å². The van der Waals surface area contributed by atoms with Crippen molar-refractivity contribution >= 4 is 5.57 Å². The second-order valence-corrected chi connectivity index (χ2v) is 7.46. The maximum Gasteiger partial charge on any atom is 0.00277 e. The lowest BCUT2D eigenvalue weighted by molar-refractivity contribution is 0.962. The molecule has 160 valence electrons. The van der Waals surface area contributed by atoms with Crippen molar-refractivity contribution in [1.82, 2.24) is 5.32 Å². The Balaban J connectivity index is 2.27. The highest BCUT2D eigenvalue weighted by atomic mass is 14.8. The molecule has 1 N–H and O–H groups in total. The van der Waals surface area contributed by atoms with Gasteiger partial charge in [-0.05, 0) is 67.7 Å². The van der Waals surface area contributed by atoms with Gasteiger partial charge in [0, 0.05) is 7.05 Å². The quantitative estimate of drug-likeness (QED) is 0.374. The summed E-state index contributed by atoms with van der Waals surface area (Å²) in [6.07, 6.45) is 24.1. The molecule has 1 nitrogen and oxygen atoms in total. The summed E-state index contributed by atoms with van der Waals surface area (Å²) in [5, 5.41) is 3.08. The maximum absolute atomic E-state index is 3.08. The van der Waals surface area contributed by atoms with Gasteiger partial charge in [0.15, 0.2) is 0 Å². The van der Waals surface area contributed by atoms with Crippen molar-refractivity contribution in [1.29, 1.82) is 0 Å². The molecule has 0 heterocycles. The zero-order valence-electron chi connectivity index (χ0n) is 19.1. The number of nitrogens with one attached hydrogen (secondary N) is 1. The van der Waals surface area contributed by atoms with Crippen LogP contribution < -0.4 is 5.32 Å². The first-order chi connectivity index (χ1) is 15.2. The molecule has 0 aromatic heterocycles. The molecule has 0 saturated carbocycles. The summed E-state index contributed by atoms with van der Waals surface area (Å²) in [6.45, 7) is 4.18. The Morgan fingerprint density at radius 3 is 2.45 bits per heavy atom. The standard InChI is InChI=1S/C30H35N/c1-4-5-6-7-8-10-20-30(29-18-11-9-12-19-29)25-28(17-14-23-31-3)22-21-27-16-13-15-26(2)24-27/h4-19,23-25,31H,20-22H2,1-3H3/b5-4-,7-6-,10-8+,23-14-,28-17+,30-25+. The normalized spacial score (nSPS) is 13.3. The smallest absolute Gasteiger partial charge is 0.00277 e. The van der Waals surface area contributed by atoms with E-state index in [0.29, 0.717) is 0 Å². The van der Waals surface area contributed by atoms with E-state index in [4.69, 9.17) is 0 Å². The molecular formula is C30H35N. The van der Waals surface area contributed by atoms with Gasteiger partial charge in [0.05, 0.1) is 0 Å². The van der Waals surface area contributed by atoms with E-state index < -0.39 is 0 Å². The number of rotatable bonds is 11. The fourth-order valence-corrected chi connectivity index (χ4v) is 3.28. The minimum Gasteiger partial charge on any atom is -0.394 e. The third kappa shape index (κ3) is 9.82. The van der Waals surface area contributed by atoms with E-state index in [1.165, 1.54) is 27.8 Å². The summed E-state index contributed by atoms with van der Waals surface area (Å²) in [5.74, 6) is 0. The topological polar surface area (TPSA) is 12.0 Å². The molecule has 0 fully saturated rings. The molecule has 0 aliphatic heterocycles. The Labute approximate surface area is 188 Å². The lowest BCUT2D eigenvalue weighted by Crippen LogP contribution is -1.92. The first kappa shape index (κ1) is 24.0. The molecule has 0 radical (unpaired) electrons. The largest absolute Gasteiger partial charge is 0.394 e. The van der Waals surface area contributed by atoms with Crippen LogP contribution >= 0.6 is 0 Å². The van der Waals surface area contributed by atoms with Gasteiger partial charge in [-0.2, -0.15) is 0 Å². The molecule has 0 aliphatic carbocycles. The minimum atomic E-state index is 0.891. The molecular weight excluding hydrogens is 374 g/mol. The molecule has 0 atom stereocenters. The molecule has 0 bridgehead atoms. The highest BCUT2D eigenvalue weighted by Gasteiger charge is 2.03. The molecule has 31 heavy (non-hydrogen) atoms. The summed E-state index contributed by atoms with van der Waals surface area (Å²) in [7, 11) is 1.92. The van der Waals surface area contributed by atoms with E-state index in [0.717, 1.165) is 19.3 Å². The molecule has 0 saturated heterocycles. The molecule has 0 amide bonds. The number of allylic oxidation sites excluding steroid dienone is 11. The van der Waals surface area contributed by atoms with Crippen LogP contribution in [0.1, 0.15) is 36.5 Å². The van der Waals surface area contributed by atoms with Gasteiger partial charge in [-0.1, -0.05) is 109 Å². The minimum absolute atomic E-state index is 0.891. The number of hydrogen-bond donors (Lipinski definition) is 1. The van der Waals surface area contributed by atoms with Crippen LogP contribution in [0.4, 0.5) is 0 Å². The monoisotopic (exact) mass is 409 g/mol. The van der Waals surface area contributed by atoms with Crippen molar-refractivity contribution in [2.24, 2.45) is 0 Å². The van der Waals surface area contributed by atoms with Crippen molar-refractivity contribution in [2.75, 3.05) is 7.05 Å². The summed E-state index contributed by atoms with van der Waals surface area (Å²) in [4.78, 5) is 0. The van der Waals surface area contributed by atoms with Gasteiger partial charge in [0.1, 0.15) is 0 Å². The maximum atomic E-state index is 3.08. The first-order valence-corrected chi connectivity index (χ1v) is 11.0. The number of hydrogen-bond acceptors (Lipinski definition) is 1. The summed E-state index contributed by atoms with van der Waals surface area (Å²) in [6, 6.07) is 19.5. The predicted octanol–water partition coefficient (Wildman–Crippen LogP) is 7.75. The van der Waals surface area contributed by atoms with Gasteiger partial charge in [0.2, 0.25) is 0 Å². The average Bonchev–Trinajstić information content (AvgIpc) is 2.79. The molecule has 1 heteroatoms. The van der Waals surface area contributed by atoms with Crippen LogP contribution in [-0.4, -0.2) is 7.05 Å². The number of benzene rings is 2. The van der Waals surface area contributed by atoms with Crippen molar-refractivity contribution < 1.29 is 0 Å². The molecule has 0 aliphatic rings. The Hall–Kier alpha value is -3.32. The average molecular weight is 410 g/mol. The lowest BCUT2D eigenvalue weighted by atomic mass is 9.96. The van der Waals surface area contributed by atoms with Crippen LogP contribution in [0, 0.1) is 6.92 Å². The summed E-state index contributed by atoms with van der Waals surface area (Å²) in [5.41, 5.74) is 6.61. The molecule has 0 spiro atoms. The fraction of sp³-hybridized carbons (Fsp3) is 0.200. The van der Waals surface area contributed by atoms with Crippen LogP contribution in [0.25, 0.3) is 5.57 Å². The second kappa shape index (κ2) is 14.6. The van der Waals surface area contributed by atoms with E-state index in [2.05, 4.69) is 109 Å². The van der Waals surface area contributed by atoms with E-state index in [1.54, 1.807) is 0 Å². The van der Waals surface area contributed by atoms with Crippen LogP contribution in [0.3, 0.4) is 0 Å². The van der Waals surface area contributed by atoms with Gasteiger partial charge in [-0.3, -0.25) is 0 Å². The molecule has 2 aromatic rings. The van der Waals surface area contributed by atoms with Crippen LogP contribution in [0.2, 0.25) is 0 Å². The van der Waals surface area contributed by atoms with Crippen molar-refractivity contribution in [2.45, 2.75) is 33.1 Å². The Morgan fingerprint density at radius 2 is 1.71 bits per heavy atom. The van der Waals surface area contributed by atoms with Crippen LogP contribution in [0.15, 0.2) is 121 Å². The summed E-state index contributed by atoms with van der Waals surface area (Å²) < 4.78 is 0. The van der Waals surface area contributed by atoms with Crippen LogP contribution in [0.5, 0.6) is 0 Å². The van der Waals surface area contributed by atoms with Crippen LogP contribution in [-0.2, 0) is 6.42 Å². The van der Waals surface area contributed by atoms with Crippen molar-refractivity contribution in [3.63, 3.8) is 0 Å². The van der Waals surface area contributed by atoms with Gasteiger partial charge >= 0.3 is 0 Å². The zero-order chi connectivity index (χ0) is 22.2. The highest BCUT2D eigenvalue weighted by molar-refractivity contribution is 5.69. The molecule has 2 aromatic carbocycles. The Morgan fingerprint density at radius 1 is 0.903 bits per heavy atom. The third-order valence-corrected chi connectivity index (χ3v) is 4.86. The SMILES string of the molecule is C\C=C/C=C\C=C\C\C(=C/C(=C/C=C\NC)CCc1cccc(C)c1)c1ccccc1. The van der Waals surface area contributed by atoms with Gasteiger partial charge in [0.25, 0.3) is 0 Å². The highest BCUT2D eigenvalue weighted by Crippen LogP contribution is 2.23. The fourth-order valence-electron chi connectivity index (χ4n) is 3.28. The zero-order valence-corrected chi connectivity index (χ0v) is 19.1. The van der Waals surface area contributed by atoms with Gasteiger partial charge in [-0.25, -0.2) is 0 Å². The van der Waals surface area contributed by atoms with Crippen molar-refractivity contribution in [3.8, 4) is 0 Å². The van der Waals surface area contributed by atoms with E-state index in [-0.39, 0.29) is 0 Å². The molecule has 0 unspecified atom stereocenters. The third-order valence-electron chi connectivity index (χ3n) is 4.86. The Bertz CT molecular complexity index is 953. The first-order valence-electron chi connectivity index (χ1n) is 11.0.